The lowest BCUT2D eigenvalue weighted by molar-refractivity contribution is 0.0780. The molecule has 2 aromatic rings. The molecular formula is C15H17ClN4O. The Bertz CT molecular complexity index is 678. The van der Waals surface area contributed by atoms with E-state index in [0.717, 1.165) is 24.1 Å². The van der Waals surface area contributed by atoms with Crippen molar-refractivity contribution in [2.45, 2.75) is 25.3 Å². The summed E-state index contributed by atoms with van der Waals surface area (Å²) in [5.74, 6) is 0.257. The molecule has 0 radical (unpaired) electrons. The SMILES string of the molecule is CN(Cc1cccc(Cl)c1)C(=O)c1n[nH]c(C2CC2)c1N. The van der Waals surface area contributed by atoms with Crippen LogP contribution in [0, 0.1) is 0 Å². The molecule has 110 valence electrons. The van der Waals surface area contributed by atoms with Crippen molar-refractivity contribution in [2.24, 2.45) is 0 Å². The molecule has 3 N–H and O–H groups in total. The smallest absolute Gasteiger partial charge is 0.276 e. The van der Waals surface area contributed by atoms with Gasteiger partial charge in [-0.3, -0.25) is 9.89 Å². The Balaban J connectivity index is 1.75. The Kier molecular flexibility index (Phi) is 3.59. The number of carbonyl (C=O) groups excluding carboxylic acids is 1. The first-order valence-electron chi connectivity index (χ1n) is 6.90. The maximum Gasteiger partial charge on any atom is 0.276 e. The normalized spacial score (nSPS) is 14.2. The second kappa shape index (κ2) is 5.41. The molecule has 1 heterocycles. The van der Waals surface area contributed by atoms with Gasteiger partial charge in [-0.05, 0) is 30.5 Å². The lowest BCUT2D eigenvalue weighted by Crippen LogP contribution is -2.27. The van der Waals surface area contributed by atoms with Gasteiger partial charge in [0.25, 0.3) is 5.91 Å². The third-order valence-electron chi connectivity index (χ3n) is 3.68. The number of carbonyl (C=O) groups is 1. The molecule has 0 saturated heterocycles. The minimum Gasteiger partial charge on any atom is -0.395 e. The Morgan fingerprint density at radius 1 is 1.52 bits per heavy atom. The number of halogens is 1. The van der Waals surface area contributed by atoms with E-state index in [1.807, 2.05) is 18.2 Å². The van der Waals surface area contributed by atoms with Crippen LogP contribution in [0.15, 0.2) is 24.3 Å². The van der Waals surface area contributed by atoms with Crippen LogP contribution < -0.4 is 5.73 Å². The fourth-order valence-electron chi connectivity index (χ4n) is 2.37. The van der Waals surface area contributed by atoms with Gasteiger partial charge in [-0.15, -0.1) is 0 Å². The van der Waals surface area contributed by atoms with Gasteiger partial charge in [0.2, 0.25) is 0 Å². The second-order valence-corrected chi connectivity index (χ2v) is 5.90. The van der Waals surface area contributed by atoms with Crippen LogP contribution in [0.25, 0.3) is 0 Å². The average Bonchev–Trinajstić information content (AvgIpc) is 3.21. The van der Waals surface area contributed by atoms with Crippen LogP contribution in [-0.4, -0.2) is 28.1 Å². The van der Waals surface area contributed by atoms with E-state index in [1.54, 1.807) is 18.0 Å². The molecule has 5 nitrogen and oxygen atoms in total. The van der Waals surface area contributed by atoms with Crippen LogP contribution in [0.4, 0.5) is 5.69 Å². The summed E-state index contributed by atoms with van der Waals surface area (Å²) in [5, 5.41) is 7.65. The van der Waals surface area contributed by atoms with Crippen molar-refractivity contribution >= 4 is 23.2 Å². The summed E-state index contributed by atoms with van der Waals surface area (Å²) in [4.78, 5) is 14.0. The van der Waals surface area contributed by atoms with Gasteiger partial charge in [0.05, 0.1) is 11.4 Å². The number of benzene rings is 1. The number of hydrogen-bond donors (Lipinski definition) is 2. The highest BCUT2D eigenvalue weighted by Gasteiger charge is 2.31. The number of hydrogen-bond acceptors (Lipinski definition) is 3. The van der Waals surface area contributed by atoms with Gasteiger partial charge in [0.1, 0.15) is 0 Å². The number of rotatable bonds is 4. The molecule has 6 heteroatoms. The van der Waals surface area contributed by atoms with Crippen molar-refractivity contribution in [2.75, 3.05) is 12.8 Å². The van der Waals surface area contributed by atoms with Crippen LogP contribution in [0.5, 0.6) is 0 Å². The van der Waals surface area contributed by atoms with E-state index in [2.05, 4.69) is 10.2 Å². The van der Waals surface area contributed by atoms with Crippen molar-refractivity contribution in [1.29, 1.82) is 0 Å². The highest BCUT2D eigenvalue weighted by atomic mass is 35.5. The second-order valence-electron chi connectivity index (χ2n) is 5.46. The summed E-state index contributed by atoms with van der Waals surface area (Å²) in [6.45, 7) is 0.463. The number of nitrogens with one attached hydrogen (secondary N) is 1. The van der Waals surface area contributed by atoms with Gasteiger partial charge in [0, 0.05) is 24.5 Å². The lowest BCUT2D eigenvalue weighted by atomic mass is 10.2. The molecule has 21 heavy (non-hydrogen) atoms. The van der Waals surface area contributed by atoms with E-state index in [9.17, 15) is 4.79 Å². The van der Waals surface area contributed by atoms with Crippen LogP contribution in [0.3, 0.4) is 0 Å². The average molecular weight is 305 g/mol. The topological polar surface area (TPSA) is 75.0 Å². The first kappa shape index (κ1) is 13.9. The Labute approximate surface area is 128 Å². The summed E-state index contributed by atoms with van der Waals surface area (Å²) in [6.07, 6.45) is 2.22. The van der Waals surface area contributed by atoms with Crippen molar-refractivity contribution in [3.63, 3.8) is 0 Å². The van der Waals surface area contributed by atoms with Crippen LogP contribution >= 0.6 is 11.6 Å². The molecule has 1 aromatic heterocycles. The number of aromatic amines is 1. The minimum absolute atomic E-state index is 0.185. The highest BCUT2D eigenvalue weighted by Crippen LogP contribution is 2.42. The standard InChI is InChI=1S/C15H17ClN4O/c1-20(8-9-3-2-4-11(16)7-9)15(21)14-12(17)13(18-19-14)10-5-6-10/h2-4,7,10H,5-6,8,17H2,1H3,(H,18,19). The van der Waals surface area contributed by atoms with Crippen molar-refractivity contribution < 1.29 is 4.79 Å². The number of nitrogens with zero attached hydrogens (tertiary/aromatic N) is 2. The zero-order valence-corrected chi connectivity index (χ0v) is 12.5. The predicted octanol–water partition coefficient (Wildman–Crippen LogP) is 2.79. The van der Waals surface area contributed by atoms with Crippen molar-refractivity contribution in [3.8, 4) is 0 Å². The number of amides is 1. The van der Waals surface area contributed by atoms with E-state index in [0.29, 0.717) is 28.9 Å². The molecular weight excluding hydrogens is 288 g/mol. The van der Waals surface area contributed by atoms with E-state index in [1.165, 1.54) is 0 Å². The summed E-state index contributed by atoms with van der Waals surface area (Å²) < 4.78 is 0. The van der Waals surface area contributed by atoms with Gasteiger partial charge in [0.15, 0.2) is 5.69 Å². The third kappa shape index (κ3) is 2.88. The van der Waals surface area contributed by atoms with Crippen LogP contribution in [0.2, 0.25) is 5.02 Å². The van der Waals surface area contributed by atoms with E-state index in [4.69, 9.17) is 17.3 Å². The monoisotopic (exact) mass is 304 g/mol. The number of nitrogen functional groups attached to an aromatic ring is 1. The lowest BCUT2D eigenvalue weighted by Gasteiger charge is -2.16. The van der Waals surface area contributed by atoms with Gasteiger partial charge in [-0.2, -0.15) is 5.10 Å². The molecule has 0 spiro atoms. The summed E-state index contributed by atoms with van der Waals surface area (Å²) in [6, 6.07) is 7.44. The van der Waals surface area contributed by atoms with Gasteiger partial charge in [-0.25, -0.2) is 0 Å². The zero-order chi connectivity index (χ0) is 15.0. The fraction of sp³-hybridized carbons (Fsp3) is 0.333. The third-order valence-corrected chi connectivity index (χ3v) is 3.91. The molecule has 1 amide bonds. The predicted molar refractivity (Wildman–Crippen MR) is 82.2 cm³/mol. The largest absolute Gasteiger partial charge is 0.395 e. The minimum atomic E-state index is -0.185. The van der Waals surface area contributed by atoms with Gasteiger partial charge >= 0.3 is 0 Å². The number of aromatic nitrogens is 2. The molecule has 0 atom stereocenters. The maximum absolute atomic E-state index is 12.4. The zero-order valence-electron chi connectivity index (χ0n) is 11.8. The Morgan fingerprint density at radius 2 is 2.29 bits per heavy atom. The fourth-order valence-corrected chi connectivity index (χ4v) is 2.59. The molecule has 1 fully saturated rings. The Hall–Kier alpha value is -2.01. The van der Waals surface area contributed by atoms with E-state index >= 15 is 0 Å². The number of nitrogens with two attached hydrogens (primary N) is 1. The molecule has 1 aromatic carbocycles. The molecule has 0 unspecified atom stereocenters. The van der Waals surface area contributed by atoms with E-state index in [-0.39, 0.29) is 5.91 Å². The molecule has 1 aliphatic rings. The number of H-pyrrole nitrogens is 1. The van der Waals surface area contributed by atoms with Crippen LogP contribution in [0.1, 0.15) is 40.5 Å². The molecule has 1 aliphatic carbocycles. The quantitative estimate of drug-likeness (QED) is 0.912. The van der Waals surface area contributed by atoms with Crippen molar-refractivity contribution in [3.05, 3.63) is 46.2 Å². The van der Waals surface area contributed by atoms with Crippen molar-refractivity contribution in [1.82, 2.24) is 15.1 Å². The van der Waals surface area contributed by atoms with E-state index < -0.39 is 0 Å². The Morgan fingerprint density at radius 3 is 2.95 bits per heavy atom. The number of anilines is 1. The summed E-state index contributed by atoms with van der Waals surface area (Å²) in [7, 11) is 1.73. The summed E-state index contributed by atoms with van der Waals surface area (Å²) in [5.41, 5.74) is 8.70. The van der Waals surface area contributed by atoms with Gasteiger partial charge in [-0.1, -0.05) is 23.7 Å². The maximum atomic E-state index is 12.4. The highest BCUT2D eigenvalue weighted by molar-refractivity contribution is 6.30. The molecule has 0 bridgehead atoms. The molecule has 3 rings (SSSR count). The summed E-state index contributed by atoms with van der Waals surface area (Å²) >= 11 is 5.95. The first-order chi connectivity index (χ1) is 10.1. The van der Waals surface area contributed by atoms with Gasteiger partial charge < -0.3 is 10.6 Å². The first-order valence-corrected chi connectivity index (χ1v) is 7.27. The molecule has 0 aliphatic heterocycles. The molecule has 1 saturated carbocycles. The van der Waals surface area contributed by atoms with Crippen LogP contribution in [-0.2, 0) is 6.54 Å².